The molecule has 4 heteroatoms. The lowest BCUT2D eigenvalue weighted by Crippen LogP contribution is -2.17. The van der Waals surface area contributed by atoms with Crippen LogP contribution in [0.4, 0.5) is 0 Å². The molecule has 0 radical (unpaired) electrons. The molecular formula is C16H27N3S. The first kappa shape index (κ1) is 17.2. The molecule has 112 valence electrons. The van der Waals surface area contributed by atoms with E-state index in [2.05, 4.69) is 35.7 Å². The summed E-state index contributed by atoms with van der Waals surface area (Å²) in [5.41, 5.74) is 1.16. The normalized spacial score (nSPS) is 12.3. The van der Waals surface area contributed by atoms with Crippen LogP contribution in [0.3, 0.4) is 0 Å². The zero-order chi connectivity index (χ0) is 14.6. The summed E-state index contributed by atoms with van der Waals surface area (Å²) in [6, 6.07) is 0. The molecule has 20 heavy (non-hydrogen) atoms. The van der Waals surface area contributed by atoms with Crippen molar-refractivity contribution < 1.29 is 0 Å². The van der Waals surface area contributed by atoms with Crippen molar-refractivity contribution in [2.24, 2.45) is 5.92 Å². The molecule has 1 atom stereocenters. The van der Waals surface area contributed by atoms with Crippen molar-refractivity contribution in [2.45, 2.75) is 51.2 Å². The van der Waals surface area contributed by atoms with Crippen LogP contribution >= 0.6 is 11.8 Å². The molecule has 0 saturated carbocycles. The van der Waals surface area contributed by atoms with Gasteiger partial charge in [-0.25, -0.2) is 9.97 Å². The lowest BCUT2D eigenvalue weighted by Gasteiger charge is -2.12. The number of thioether (sulfide) groups is 1. The van der Waals surface area contributed by atoms with Crippen molar-refractivity contribution in [3.8, 4) is 0 Å². The maximum absolute atomic E-state index is 4.37. The van der Waals surface area contributed by atoms with Crippen LogP contribution in [0.25, 0.3) is 0 Å². The van der Waals surface area contributed by atoms with Crippen molar-refractivity contribution in [2.75, 3.05) is 12.3 Å². The topological polar surface area (TPSA) is 37.8 Å². The minimum Gasteiger partial charge on any atom is -0.313 e. The van der Waals surface area contributed by atoms with Crippen molar-refractivity contribution in [1.29, 1.82) is 0 Å². The minimum atomic E-state index is 0.754. The molecule has 0 saturated heterocycles. The average Bonchev–Trinajstić information content (AvgIpc) is 2.49. The van der Waals surface area contributed by atoms with E-state index in [9.17, 15) is 0 Å². The van der Waals surface area contributed by atoms with E-state index in [4.69, 9.17) is 0 Å². The molecule has 0 aliphatic heterocycles. The Bertz CT molecular complexity index is 364. The monoisotopic (exact) mass is 293 g/mol. The van der Waals surface area contributed by atoms with Crippen LogP contribution in [0.5, 0.6) is 0 Å². The zero-order valence-electron chi connectivity index (χ0n) is 12.8. The van der Waals surface area contributed by atoms with Crippen LogP contribution in [0, 0.1) is 5.92 Å². The van der Waals surface area contributed by atoms with Crippen molar-refractivity contribution in [1.82, 2.24) is 15.3 Å². The third-order valence-electron chi connectivity index (χ3n) is 3.25. The maximum Gasteiger partial charge on any atom is 0.187 e. The van der Waals surface area contributed by atoms with E-state index in [1.54, 1.807) is 11.8 Å². The second-order valence-electron chi connectivity index (χ2n) is 4.99. The lowest BCUT2D eigenvalue weighted by molar-refractivity contribution is 0.455. The van der Waals surface area contributed by atoms with Crippen LogP contribution < -0.4 is 5.32 Å². The predicted octanol–water partition coefficient (Wildman–Crippen LogP) is 4.06. The first-order chi connectivity index (χ1) is 9.80. The van der Waals surface area contributed by atoms with Gasteiger partial charge in [0, 0.05) is 30.3 Å². The molecule has 0 bridgehead atoms. The number of hydrogen-bond donors (Lipinski definition) is 1. The van der Waals surface area contributed by atoms with Gasteiger partial charge in [-0.3, -0.25) is 0 Å². The number of aromatic nitrogens is 2. The Morgan fingerprint density at radius 3 is 2.70 bits per heavy atom. The summed E-state index contributed by atoms with van der Waals surface area (Å²) < 4.78 is 0. The summed E-state index contributed by atoms with van der Waals surface area (Å²) in [4.78, 5) is 8.75. The molecule has 0 aliphatic carbocycles. The quantitative estimate of drug-likeness (QED) is 0.289. The van der Waals surface area contributed by atoms with E-state index in [-0.39, 0.29) is 0 Å². The van der Waals surface area contributed by atoms with Crippen LogP contribution in [-0.2, 0) is 6.54 Å². The Morgan fingerprint density at radius 2 is 2.10 bits per heavy atom. The second-order valence-corrected chi connectivity index (χ2v) is 6.05. The molecule has 1 unspecified atom stereocenters. The summed E-state index contributed by atoms with van der Waals surface area (Å²) in [5.74, 6) is 1.84. The highest BCUT2D eigenvalue weighted by Gasteiger charge is 2.03. The molecule has 1 aromatic heterocycles. The van der Waals surface area contributed by atoms with E-state index in [1.165, 1.54) is 12.8 Å². The Labute approximate surface area is 127 Å². The highest BCUT2D eigenvalue weighted by Crippen LogP contribution is 2.13. The van der Waals surface area contributed by atoms with E-state index >= 15 is 0 Å². The van der Waals surface area contributed by atoms with Crippen LogP contribution in [0.2, 0.25) is 0 Å². The molecule has 1 aromatic rings. The van der Waals surface area contributed by atoms with Crippen molar-refractivity contribution in [3.05, 3.63) is 30.6 Å². The van der Waals surface area contributed by atoms with Gasteiger partial charge in [-0.15, -0.1) is 6.58 Å². The maximum atomic E-state index is 4.37. The smallest absolute Gasteiger partial charge is 0.187 e. The van der Waals surface area contributed by atoms with Crippen molar-refractivity contribution >= 4 is 11.8 Å². The number of rotatable bonds is 11. The number of nitrogens with one attached hydrogen (secondary N) is 1. The lowest BCUT2D eigenvalue weighted by atomic mass is 9.99. The molecule has 0 aliphatic rings. The molecule has 3 nitrogen and oxygen atoms in total. The molecule has 0 amide bonds. The largest absolute Gasteiger partial charge is 0.313 e. The van der Waals surface area contributed by atoms with E-state index in [0.29, 0.717) is 0 Å². The molecular weight excluding hydrogens is 266 g/mol. The number of nitrogens with zero attached hydrogens (tertiary/aromatic N) is 2. The summed E-state index contributed by atoms with van der Waals surface area (Å²) in [6.07, 6.45) is 10.6. The number of hydrogen-bond acceptors (Lipinski definition) is 4. The average molecular weight is 293 g/mol. The summed E-state index contributed by atoms with van der Waals surface area (Å²) >= 11 is 1.72. The van der Waals surface area contributed by atoms with E-state index in [0.717, 1.165) is 48.3 Å². The summed E-state index contributed by atoms with van der Waals surface area (Å²) in [6.45, 7) is 10.1. The molecule has 1 N–H and O–H groups in total. The van der Waals surface area contributed by atoms with Gasteiger partial charge in [0.15, 0.2) is 5.16 Å². The number of allylic oxidation sites excluding steroid dienone is 1. The van der Waals surface area contributed by atoms with Gasteiger partial charge in [-0.2, -0.15) is 0 Å². The first-order valence-corrected chi connectivity index (χ1v) is 8.54. The van der Waals surface area contributed by atoms with Crippen molar-refractivity contribution in [3.63, 3.8) is 0 Å². The second kappa shape index (κ2) is 10.9. The fourth-order valence-electron chi connectivity index (χ4n) is 1.97. The van der Waals surface area contributed by atoms with Gasteiger partial charge in [0.05, 0.1) is 0 Å². The van der Waals surface area contributed by atoms with Gasteiger partial charge in [-0.05, 0) is 31.7 Å². The molecule has 0 aromatic carbocycles. The van der Waals surface area contributed by atoms with Gasteiger partial charge in [0.1, 0.15) is 0 Å². The van der Waals surface area contributed by atoms with Gasteiger partial charge < -0.3 is 5.32 Å². The SMILES string of the molecule is C=CCC(CC)CCNCc1cnc(SCCC)nc1. The van der Waals surface area contributed by atoms with Gasteiger partial charge in [0.2, 0.25) is 0 Å². The molecule has 0 fully saturated rings. The van der Waals surface area contributed by atoms with Crippen LogP contribution in [0.15, 0.2) is 30.2 Å². The zero-order valence-corrected chi connectivity index (χ0v) is 13.6. The standard InChI is InChI=1S/C16H27N3S/c1-4-7-14(6-3)8-9-17-11-15-12-18-16(19-13-15)20-10-5-2/h4,12-14,17H,1,5-11H2,2-3H3. The summed E-state index contributed by atoms with van der Waals surface area (Å²) in [7, 11) is 0. The Morgan fingerprint density at radius 1 is 1.35 bits per heavy atom. The third kappa shape index (κ3) is 7.06. The van der Waals surface area contributed by atoms with Gasteiger partial charge in [-0.1, -0.05) is 38.1 Å². The van der Waals surface area contributed by atoms with E-state index < -0.39 is 0 Å². The highest BCUT2D eigenvalue weighted by atomic mass is 32.2. The fraction of sp³-hybridized carbons (Fsp3) is 0.625. The molecule has 1 rings (SSSR count). The van der Waals surface area contributed by atoms with Crippen LogP contribution in [0.1, 0.15) is 45.1 Å². The summed E-state index contributed by atoms with van der Waals surface area (Å²) in [5, 5.41) is 4.35. The third-order valence-corrected chi connectivity index (χ3v) is 4.33. The Hall–Kier alpha value is -0.870. The highest BCUT2D eigenvalue weighted by molar-refractivity contribution is 7.99. The van der Waals surface area contributed by atoms with E-state index in [1.807, 2.05) is 18.5 Å². The minimum absolute atomic E-state index is 0.754. The first-order valence-electron chi connectivity index (χ1n) is 7.55. The Balaban J connectivity index is 2.22. The molecule has 0 spiro atoms. The van der Waals surface area contributed by atoms with Crippen LogP contribution in [-0.4, -0.2) is 22.3 Å². The van der Waals surface area contributed by atoms with Gasteiger partial charge in [0.25, 0.3) is 0 Å². The van der Waals surface area contributed by atoms with Gasteiger partial charge >= 0.3 is 0 Å². The predicted molar refractivity (Wildman–Crippen MR) is 88.0 cm³/mol. The Kier molecular flexibility index (Phi) is 9.33. The molecule has 1 heterocycles. The fourth-order valence-corrected chi connectivity index (χ4v) is 2.61.